The number of rotatable bonds is 5. The molecule has 116 valence electrons. The van der Waals surface area contributed by atoms with E-state index in [0.29, 0.717) is 10.7 Å². The molecule has 0 aliphatic carbocycles. The van der Waals surface area contributed by atoms with E-state index in [1.54, 1.807) is 24.3 Å². The van der Waals surface area contributed by atoms with E-state index in [2.05, 4.69) is 10.3 Å². The lowest BCUT2D eigenvalue weighted by Gasteiger charge is -2.16. The Hall–Kier alpha value is -1.96. The third kappa shape index (κ3) is 4.03. The molecule has 1 heterocycles. The van der Waals surface area contributed by atoms with Crippen molar-refractivity contribution in [2.24, 2.45) is 0 Å². The number of halogens is 1. The molecule has 1 amide bonds. The second kappa shape index (κ2) is 6.87. The molecule has 1 N–H and O–H groups in total. The Morgan fingerprint density at radius 1 is 1.32 bits per heavy atom. The van der Waals surface area contributed by atoms with Crippen LogP contribution in [0.2, 0.25) is 5.02 Å². The topological polar surface area (TPSA) is 79.4 Å². The number of hydrogen-bond acceptors (Lipinski definition) is 4. The molecule has 1 aromatic heterocycles. The fourth-order valence-electron chi connectivity index (χ4n) is 1.73. The van der Waals surface area contributed by atoms with E-state index in [1.165, 1.54) is 31.6 Å². The lowest BCUT2D eigenvalue weighted by molar-refractivity contribution is -0.116. The fourth-order valence-corrected chi connectivity index (χ4v) is 3.02. The summed E-state index contributed by atoms with van der Waals surface area (Å²) in [6.45, 7) is -0.316. The highest BCUT2D eigenvalue weighted by Gasteiger charge is 2.23. The molecule has 2 rings (SSSR count). The van der Waals surface area contributed by atoms with Gasteiger partial charge in [0.1, 0.15) is 4.90 Å². The summed E-state index contributed by atoms with van der Waals surface area (Å²) in [5, 5.41) is 3.07. The first-order valence-electron chi connectivity index (χ1n) is 6.31. The number of aromatic nitrogens is 1. The molecule has 0 unspecified atom stereocenters. The van der Waals surface area contributed by atoms with E-state index >= 15 is 0 Å². The molecule has 22 heavy (non-hydrogen) atoms. The van der Waals surface area contributed by atoms with Gasteiger partial charge in [-0.2, -0.15) is 4.31 Å². The Bertz CT molecular complexity index is 766. The van der Waals surface area contributed by atoms with Crippen LogP contribution in [0, 0.1) is 0 Å². The maximum absolute atomic E-state index is 12.3. The van der Waals surface area contributed by atoms with Crippen molar-refractivity contribution in [3.63, 3.8) is 0 Å². The molecule has 0 fully saturated rings. The minimum atomic E-state index is -3.75. The Morgan fingerprint density at radius 2 is 2.09 bits per heavy atom. The van der Waals surface area contributed by atoms with Crippen molar-refractivity contribution in [3.8, 4) is 0 Å². The second-order valence-electron chi connectivity index (χ2n) is 4.51. The minimum absolute atomic E-state index is 0.0352. The third-order valence-corrected chi connectivity index (χ3v) is 4.84. The predicted octanol–water partition coefficient (Wildman–Crippen LogP) is 1.99. The van der Waals surface area contributed by atoms with Crippen LogP contribution in [-0.4, -0.2) is 37.2 Å². The van der Waals surface area contributed by atoms with Gasteiger partial charge in [0.2, 0.25) is 15.9 Å². The number of nitrogens with zero attached hydrogens (tertiary/aromatic N) is 2. The standard InChI is InChI=1S/C14H14ClN3O3S/c1-18(22(20,21)13-6-3-7-16-9-13)10-14(19)17-12-5-2-4-11(15)8-12/h2-9H,10H2,1H3,(H,17,19). The largest absolute Gasteiger partial charge is 0.325 e. The average molecular weight is 340 g/mol. The quantitative estimate of drug-likeness (QED) is 0.903. The van der Waals surface area contributed by atoms with Crippen LogP contribution in [0.25, 0.3) is 0 Å². The summed E-state index contributed by atoms with van der Waals surface area (Å²) in [6, 6.07) is 9.55. The van der Waals surface area contributed by atoms with E-state index in [-0.39, 0.29) is 11.4 Å². The number of hydrogen-bond donors (Lipinski definition) is 1. The Morgan fingerprint density at radius 3 is 2.73 bits per heavy atom. The number of sulfonamides is 1. The second-order valence-corrected chi connectivity index (χ2v) is 6.99. The highest BCUT2D eigenvalue weighted by molar-refractivity contribution is 7.89. The zero-order chi connectivity index (χ0) is 16.2. The number of carbonyl (C=O) groups excluding carboxylic acids is 1. The van der Waals surface area contributed by atoms with Crippen molar-refractivity contribution in [1.29, 1.82) is 0 Å². The zero-order valence-corrected chi connectivity index (χ0v) is 13.3. The van der Waals surface area contributed by atoms with E-state index in [9.17, 15) is 13.2 Å². The van der Waals surface area contributed by atoms with Crippen LogP contribution in [0.1, 0.15) is 0 Å². The number of pyridine rings is 1. The molecule has 0 saturated heterocycles. The summed E-state index contributed by atoms with van der Waals surface area (Å²) >= 11 is 5.82. The first kappa shape index (κ1) is 16.4. The number of likely N-dealkylation sites (N-methyl/N-ethyl adjacent to an activating group) is 1. The fraction of sp³-hybridized carbons (Fsp3) is 0.143. The average Bonchev–Trinajstić information content (AvgIpc) is 2.48. The van der Waals surface area contributed by atoms with Crippen molar-refractivity contribution in [1.82, 2.24) is 9.29 Å². The number of anilines is 1. The highest BCUT2D eigenvalue weighted by atomic mass is 35.5. The highest BCUT2D eigenvalue weighted by Crippen LogP contribution is 2.16. The van der Waals surface area contributed by atoms with E-state index < -0.39 is 15.9 Å². The van der Waals surface area contributed by atoms with Crippen molar-refractivity contribution in [3.05, 3.63) is 53.8 Å². The van der Waals surface area contributed by atoms with Crippen LogP contribution < -0.4 is 5.32 Å². The van der Waals surface area contributed by atoms with Gasteiger partial charge in [-0.1, -0.05) is 17.7 Å². The Kier molecular flexibility index (Phi) is 5.12. The van der Waals surface area contributed by atoms with Gasteiger partial charge >= 0.3 is 0 Å². The van der Waals surface area contributed by atoms with Gasteiger partial charge in [0, 0.05) is 30.2 Å². The first-order chi connectivity index (χ1) is 10.4. The van der Waals surface area contributed by atoms with E-state index in [1.807, 2.05) is 0 Å². The van der Waals surface area contributed by atoms with Gasteiger partial charge in [-0.15, -0.1) is 0 Å². The van der Waals surface area contributed by atoms with Crippen molar-refractivity contribution in [2.75, 3.05) is 18.9 Å². The number of carbonyl (C=O) groups is 1. The molecule has 0 spiro atoms. The number of benzene rings is 1. The lowest BCUT2D eigenvalue weighted by Crippen LogP contribution is -2.35. The first-order valence-corrected chi connectivity index (χ1v) is 8.13. The molecule has 0 aliphatic rings. The van der Waals surface area contributed by atoms with E-state index in [4.69, 9.17) is 11.6 Å². The molecule has 8 heteroatoms. The molecule has 0 radical (unpaired) electrons. The summed E-state index contributed by atoms with van der Waals surface area (Å²) in [5.41, 5.74) is 0.504. The van der Waals surface area contributed by atoms with Gasteiger partial charge in [0.25, 0.3) is 0 Å². The number of amides is 1. The Balaban J connectivity index is 2.05. The van der Waals surface area contributed by atoms with Gasteiger partial charge in [-0.05, 0) is 30.3 Å². The normalized spacial score (nSPS) is 11.4. The molecule has 0 bridgehead atoms. The minimum Gasteiger partial charge on any atom is -0.325 e. The van der Waals surface area contributed by atoms with Gasteiger partial charge < -0.3 is 5.32 Å². The lowest BCUT2D eigenvalue weighted by atomic mass is 10.3. The Labute approximate surface area is 133 Å². The molecule has 0 saturated carbocycles. The summed E-state index contributed by atoms with van der Waals surface area (Å²) in [4.78, 5) is 15.7. The molecule has 6 nitrogen and oxygen atoms in total. The van der Waals surface area contributed by atoms with E-state index in [0.717, 1.165) is 4.31 Å². The molecular formula is C14H14ClN3O3S. The SMILES string of the molecule is CN(CC(=O)Nc1cccc(Cl)c1)S(=O)(=O)c1cccnc1. The molecule has 2 aromatic rings. The van der Waals surface area contributed by atoms with Crippen LogP contribution in [-0.2, 0) is 14.8 Å². The monoisotopic (exact) mass is 339 g/mol. The summed E-state index contributed by atoms with van der Waals surface area (Å²) in [6.07, 6.45) is 2.71. The van der Waals surface area contributed by atoms with Crippen LogP contribution >= 0.6 is 11.6 Å². The molecule has 1 aromatic carbocycles. The van der Waals surface area contributed by atoms with Crippen molar-refractivity contribution >= 4 is 33.2 Å². The molecule has 0 atom stereocenters. The third-order valence-electron chi connectivity index (χ3n) is 2.82. The zero-order valence-electron chi connectivity index (χ0n) is 11.7. The van der Waals surface area contributed by atoms with Crippen LogP contribution in [0.3, 0.4) is 0 Å². The maximum atomic E-state index is 12.3. The van der Waals surface area contributed by atoms with Gasteiger partial charge in [-0.3, -0.25) is 9.78 Å². The van der Waals surface area contributed by atoms with Crippen LogP contribution in [0.5, 0.6) is 0 Å². The van der Waals surface area contributed by atoms with Gasteiger partial charge in [-0.25, -0.2) is 8.42 Å². The summed E-state index contributed by atoms with van der Waals surface area (Å²) in [7, 11) is -2.42. The summed E-state index contributed by atoms with van der Waals surface area (Å²) in [5.74, 6) is -0.461. The smallest absolute Gasteiger partial charge is 0.244 e. The summed E-state index contributed by atoms with van der Waals surface area (Å²) < 4.78 is 25.5. The van der Waals surface area contributed by atoms with Gasteiger partial charge in [0.15, 0.2) is 0 Å². The van der Waals surface area contributed by atoms with Gasteiger partial charge in [0.05, 0.1) is 6.54 Å². The number of nitrogens with one attached hydrogen (secondary N) is 1. The van der Waals surface area contributed by atoms with Crippen LogP contribution in [0.15, 0.2) is 53.7 Å². The van der Waals surface area contributed by atoms with Crippen molar-refractivity contribution in [2.45, 2.75) is 4.90 Å². The van der Waals surface area contributed by atoms with Crippen molar-refractivity contribution < 1.29 is 13.2 Å². The predicted molar refractivity (Wildman–Crippen MR) is 84.1 cm³/mol. The maximum Gasteiger partial charge on any atom is 0.244 e. The molecular weight excluding hydrogens is 326 g/mol. The van der Waals surface area contributed by atoms with Crippen LogP contribution in [0.4, 0.5) is 5.69 Å². The molecule has 0 aliphatic heterocycles.